The number of hydrogen-bond acceptors (Lipinski definition) is 14. The van der Waals surface area contributed by atoms with Crippen LogP contribution in [0.4, 0.5) is 0 Å². The highest BCUT2D eigenvalue weighted by atomic mass is 16.5. The molecule has 0 aromatic carbocycles. The first-order valence-electron chi connectivity index (χ1n) is 30.1. The lowest BCUT2D eigenvalue weighted by Gasteiger charge is -2.34. The van der Waals surface area contributed by atoms with Crippen molar-refractivity contribution in [3.05, 3.63) is 0 Å². The smallest absolute Gasteiger partial charge is 0.330 e. The van der Waals surface area contributed by atoms with E-state index in [2.05, 4.69) is 58.5 Å². The van der Waals surface area contributed by atoms with Gasteiger partial charge < -0.3 is 69.0 Å². The van der Waals surface area contributed by atoms with E-state index in [0.717, 1.165) is 0 Å². The van der Waals surface area contributed by atoms with Crippen LogP contribution >= 0.6 is 0 Å². The largest absolute Gasteiger partial charge is 0.467 e. The van der Waals surface area contributed by atoms with E-state index in [-0.39, 0.29) is 67.6 Å². The van der Waals surface area contributed by atoms with Gasteiger partial charge in [-0.1, -0.05) is 83.1 Å². The maximum atomic E-state index is 14.2. The molecule has 0 saturated heterocycles. The second kappa shape index (κ2) is 33.1. The number of esters is 1. The summed E-state index contributed by atoms with van der Waals surface area (Å²) < 4.78 is 4.80. The Labute approximate surface area is 512 Å². The van der Waals surface area contributed by atoms with Crippen molar-refractivity contribution in [3.8, 4) is 0 Å². The first kappa shape index (κ1) is 79.6. The highest BCUT2D eigenvalue weighted by molar-refractivity contribution is 6.01. The molecule has 0 aliphatic rings. The standard InChI is InChI=1S/C61H112N12O13/c1-32(2)26-38(62)44(74)68-56(13,14)50(80)63-39(27-33(3)4)45(75)69-57(15,16)51(81)64-40(28-34(5)6)46(76)70-58(17,18)52(82)65-41(29-35(7)8)47(77)71-59(19,20)53(83)66-42(30-36(9)10)48(78)72-60(21,22)54(84)67-43(31-37(11)12)49(79)73-61(23,24)55(85)86-25/h32-43H,26-31,62H2,1-25H3,(H,63,80)(H,64,81)(H,65,82)(H,66,83)(H,67,84)(H,68,74)(H,69,75)(H,70,76)(H,71,77)(H,72,78)(H,73,79)/t38-,39-,40-,41-,42-,43-/m1/s1. The third kappa shape index (κ3) is 27.1. The van der Waals surface area contributed by atoms with Crippen LogP contribution in [0.15, 0.2) is 0 Å². The number of carbonyl (C=O) groups excluding carboxylic acids is 12. The number of hydrogen-bond donors (Lipinski definition) is 12. The van der Waals surface area contributed by atoms with E-state index in [1.807, 2.05) is 83.1 Å². The molecule has 494 valence electrons. The average Bonchev–Trinajstić information content (AvgIpc) is 3.36. The molecule has 0 rings (SSSR count). The molecule has 86 heavy (non-hydrogen) atoms. The fraction of sp³-hybridized carbons (Fsp3) is 0.803. The fourth-order valence-electron chi connectivity index (χ4n) is 8.79. The maximum absolute atomic E-state index is 14.2. The number of ether oxygens (including phenoxy) is 1. The van der Waals surface area contributed by atoms with Gasteiger partial charge in [0.15, 0.2) is 0 Å². The van der Waals surface area contributed by atoms with Gasteiger partial charge in [0.05, 0.1) is 13.2 Å². The summed E-state index contributed by atoms with van der Waals surface area (Å²) in [7, 11) is 1.19. The molecule has 0 spiro atoms. The maximum Gasteiger partial charge on any atom is 0.330 e. The third-order valence-corrected chi connectivity index (χ3v) is 13.9. The number of rotatable bonds is 35. The highest BCUT2D eigenvalue weighted by Gasteiger charge is 2.43. The summed E-state index contributed by atoms with van der Waals surface area (Å²) in [6.45, 7) is 39.4. The molecule has 0 saturated carbocycles. The molecule has 0 bridgehead atoms. The SMILES string of the molecule is COC(=O)C(C)(C)NC(=O)[C@@H](CC(C)C)NC(=O)C(C)(C)NC(=O)[C@@H](CC(C)C)NC(=O)C(C)(C)NC(=O)[C@@H](CC(C)C)NC(=O)C(C)(C)NC(=O)[C@@H](CC(C)C)NC(=O)C(C)(C)NC(=O)[C@@H](CC(C)C)NC(=O)C(C)(C)NC(=O)[C@H](N)CC(C)C. The van der Waals surface area contributed by atoms with Crippen LogP contribution in [0.2, 0.25) is 0 Å². The molecule has 0 aromatic rings. The summed E-state index contributed by atoms with van der Waals surface area (Å²) >= 11 is 0. The van der Waals surface area contributed by atoms with Gasteiger partial charge in [0.25, 0.3) is 0 Å². The van der Waals surface area contributed by atoms with Crippen LogP contribution in [0.25, 0.3) is 0 Å². The molecular weight excluding hydrogens is 1110 g/mol. The van der Waals surface area contributed by atoms with E-state index >= 15 is 0 Å². The van der Waals surface area contributed by atoms with Gasteiger partial charge >= 0.3 is 5.97 Å². The summed E-state index contributed by atoms with van der Waals surface area (Å²) in [6.07, 6.45) is 1.07. The van der Waals surface area contributed by atoms with Crippen molar-refractivity contribution < 1.29 is 62.3 Å². The van der Waals surface area contributed by atoms with E-state index in [9.17, 15) is 57.5 Å². The first-order valence-corrected chi connectivity index (χ1v) is 30.1. The summed E-state index contributed by atoms with van der Waals surface area (Å²) in [6, 6.07) is -6.77. The molecule has 11 amide bonds. The lowest BCUT2D eigenvalue weighted by atomic mass is 9.95. The molecule has 0 aromatic heterocycles. The predicted molar refractivity (Wildman–Crippen MR) is 330 cm³/mol. The monoisotopic (exact) mass is 1220 g/mol. The molecule has 0 fully saturated rings. The Hall–Kier alpha value is -6.40. The Morgan fingerprint density at radius 3 is 0.616 bits per heavy atom. The summed E-state index contributed by atoms with van der Waals surface area (Å²) in [4.78, 5) is 165. The summed E-state index contributed by atoms with van der Waals surface area (Å²) in [5, 5.41) is 29.7. The number of amides is 11. The highest BCUT2D eigenvalue weighted by Crippen LogP contribution is 2.19. The second-order valence-electron chi connectivity index (χ2n) is 28.7. The van der Waals surface area contributed by atoms with Crippen molar-refractivity contribution >= 4 is 70.9 Å². The van der Waals surface area contributed by atoms with Crippen molar-refractivity contribution in [2.24, 2.45) is 41.2 Å². The molecule has 25 nitrogen and oxygen atoms in total. The van der Waals surface area contributed by atoms with Crippen molar-refractivity contribution in [1.82, 2.24) is 58.5 Å². The van der Waals surface area contributed by atoms with Crippen LogP contribution in [0.1, 0.15) is 205 Å². The Kier molecular flexibility index (Phi) is 30.6. The van der Waals surface area contributed by atoms with Gasteiger partial charge in [0.2, 0.25) is 65.0 Å². The minimum atomic E-state index is -1.70. The van der Waals surface area contributed by atoms with Crippen molar-refractivity contribution in [1.29, 1.82) is 0 Å². The molecule has 0 aliphatic heterocycles. The van der Waals surface area contributed by atoms with E-state index in [1.54, 1.807) is 0 Å². The number of methoxy groups -OCH3 is 1. The third-order valence-electron chi connectivity index (χ3n) is 13.9. The molecule has 0 heterocycles. The zero-order chi connectivity index (χ0) is 67.6. The average molecular weight is 1220 g/mol. The van der Waals surface area contributed by atoms with Crippen molar-refractivity contribution in [3.63, 3.8) is 0 Å². The van der Waals surface area contributed by atoms with Gasteiger partial charge in [-0.25, -0.2) is 4.79 Å². The zero-order valence-electron chi connectivity index (χ0n) is 56.6. The first-order chi connectivity index (χ1) is 38.8. The normalized spacial score (nSPS) is 14.7. The molecule has 0 radical (unpaired) electrons. The molecular formula is C61H112N12O13. The Morgan fingerprint density at radius 2 is 0.453 bits per heavy atom. The van der Waals surface area contributed by atoms with Crippen molar-refractivity contribution in [2.75, 3.05) is 7.11 Å². The second-order valence-corrected chi connectivity index (χ2v) is 28.7. The van der Waals surface area contributed by atoms with E-state index in [0.29, 0.717) is 6.42 Å². The topological polar surface area (TPSA) is 372 Å². The summed E-state index contributed by atoms with van der Waals surface area (Å²) in [5.41, 5.74) is -3.50. The van der Waals surface area contributed by atoms with Crippen LogP contribution in [0, 0.1) is 35.5 Å². The Bertz CT molecular complexity index is 2390. The number of carbonyl (C=O) groups is 12. The van der Waals surface area contributed by atoms with E-state index in [4.69, 9.17) is 10.5 Å². The van der Waals surface area contributed by atoms with Crippen LogP contribution < -0.4 is 64.2 Å². The molecule has 6 atom stereocenters. The molecule has 25 heteroatoms. The van der Waals surface area contributed by atoms with Crippen molar-refractivity contribution in [2.45, 2.75) is 274 Å². The fourth-order valence-corrected chi connectivity index (χ4v) is 8.79. The molecule has 0 unspecified atom stereocenters. The lowest BCUT2D eigenvalue weighted by Crippen LogP contribution is -2.66. The molecule has 0 aliphatic carbocycles. The Balaban J connectivity index is 6.42. The van der Waals surface area contributed by atoms with Crippen LogP contribution in [0.5, 0.6) is 0 Å². The Morgan fingerprint density at radius 1 is 0.291 bits per heavy atom. The van der Waals surface area contributed by atoms with E-state index < -0.39 is 140 Å². The quantitative estimate of drug-likeness (QED) is 0.0406. The number of nitrogens with two attached hydrogens (primary N) is 1. The van der Waals surface area contributed by atoms with Gasteiger partial charge in [-0.2, -0.15) is 0 Å². The summed E-state index contributed by atoms with van der Waals surface area (Å²) in [5.74, 6) is -8.99. The lowest BCUT2D eigenvalue weighted by molar-refractivity contribution is -0.149. The van der Waals surface area contributed by atoms with Gasteiger partial charge in [-0.3, -0.25) is 52.7 Å². The predicted octanol–water partition coefficient (Wildman–Crippen LogP) is 2.56. The minimum absolute atomic E-state index is 0.0689. The molecule has 13 N–H and O–H groups in total. The van der Waals surface area contributed by atoms with Crippen LogP contribution in [0.3, 0.4) is 0 Å². The van der Waals surface area contributed by atoms with Gasteiger partial charge in [-0.05, 0) is 157 Å². The number of nitrogens with one attached hydrogen (secondary N) is 11. The van der Waals surface area contributed by atoms with Crippen LogP contribution in [-0.4, -0.2) is 148 Å². The minimum Gasteiger partial charge on any atom is -0.467 e. The van der Waals surface area contributed by atoms with E-state index in [1.165, 1.54) is 90.2 Å². The zero-order valence-corrected chi connectivity index (χ0v) is 56.6. The van der Waals surface area contributed by atoms with Gasteiger partial charge in [0.1, 0.15) is 63.4 Å². The van der Waals surface area contributed by atoms with Gasteiger partial charge in [-0.15, -0.1) is 0 Å². The van der Waals surface area contributed by atoms with Crippen LogP contribution in [-0.2, 0) is 62.3 Å². The van der Waals surface area contributed by atoms with Gasteiger partial charge in [0, 0.05) is 0 Å².